The second-order valence-corrected chi connectivity index (χ2v) is 3.85. The largest absolute Gasteiger partial charge is 0.263 e. The molecule has 0 aliphatic carbocycles. The number of nitrogens with one attached hydrogen (secondary N) is 1. The molecule has 0 saturated carbocycles. The maximum atomic E-state index is 6.12. The predicted molar refractivity (Wildman–Crippen MR) is 60.9 cm³/mol. The highest BCUT2D eigenvalue weighted by molar-refractivity contribution is 6.33. The molecule has 1 aromatic carbocycles. The lowest BCUT2D eigenvalue weighted by Gasteiger charge is -1.99. The summed E-state index contributed by atoms with van der Waals surface area (Å²) in [7, 11) is 0. The van der Waals surface area contributed by atoms with Gasteiger partial charge in [0.25, 0.3) is 0 Å². The number of hydrogen-bond donors (Lipinski definition) is 1. The molecule has 0 unspecified atom stereocenters. The second-order valence-electron chi connectivity index (χ2n) is 3.44. The molecule has 0 radical (unpaired) electrons. The number of halogens is 1. The summed E-state index contributed by atoms with van der Waals surface area (Å²) in [5.74, 6) is 1.54. The second kappa shape index (κ2) is 4.03. The number of H-pyrrole nitrogens is 1. The average molecular weight is 222 g/mol. The number of aromatic amines is 1. The third-order valence-electron chi connectivity index (χ3n) is 2.23. The van der Waals surface area contributed by atoms with E-state index in [0.717, 1.165) is 23.4 Å². The van der Waals surface area contributed by atoms with Crippen molar-refractivity contribution in [3.63, 3.8) is 0 Å². The Labute approximate surface area is 93.5 Å². The fourth-order valence-corrected chi connectivity index (χ4v) is 1.69. The standard InChI is InChI=1S/C11H12ClN3/c1-3-10-13-11(15-14-10)8-5-4-7(2)6-9(8)12/h4-6H,3H2,1-2H3,(H,13,14,15). The lowest BCUT2D eigenvalue weighted by Crippen LogP contribution is -1.84. The van der Waals surface area contributed by atoms with Crippen LogP contribution in [0.3, 0.4) is 0 Å². The van der Waals surface area contributed by atoms with Gasteiger partial charge in [-0.15, -0.1) is 0 Å². The Morgan fingerprint density at radius 1 is 1.40 bits per heavy atom. The quantitative estimate of drug-likeness (QED) is 0.847. The normalized spacial score (nSPS) is 10.6. The lowest BCUT2D eigenvalue weighted by molar-refractivity contribution is 0.946. The van der Waals surface area contributed by atoms with Crippen LogP contribution >= 0.6 is 11.6 Å². The van der Waals surface area contributed by atoms with Crippen molar-refractivity contribution in [3.05, 3.63) is 34.6 Å². The SMILES string of the molecule is CCc1nc(-c2ccc(C)cc2Cl)n[nH]1. The number of aryl methyl sites for hydroxylation is 2. The summed E-state index contributed by atoms with van der Waals surface area (Å²) in [6, 6.07) is 5.86. The molecule has 15 heavy (non-hydrogen) atoms. The molecule has 1 aromatic heterocycles. The van der Waals surface area contributed by atoms with Gasteiger partial charge in [0.05, 0.1) is 5.02 Å². The van der Waals surface area contributed by atoms with Gasteiger partial charge < -0.3 is 0 Å². The average Bonchev–Trinajstić information content (AvgIpc) is 2.66. The third-order valence-corrected chi connectivity index (χ3v) is 2.54. The van der Waals surface area contributed by atoms with E-state index in [1.165, 1.54) is 0 Å². The van der Waals surface area contributed by atoms with Gasteiger partial charge >= 0.3 is 0 Å². The molecule has 0 spiro atoms. The van der Waals surface area contributed by atoms with E-state index in [9.17, 15) is 0 Å². The molecule has 0 saturated heterocycles. The van der Waals surface area contributed by atoms with Crippen molar-refractivity contribution < 1.29 is 0 Å². The molecule has 0 aliphatic rings. The highest BCUT2D eigenvalue weighted by atomic mass is 35.5. The Kier molecular flexibility index (Phi) is 2.73. The summed E-state index contributed by atoms with van der Waals surface area (Å²) in [6.45, 7) is 4.03. The van der Waals surface area contributed by atoms with Gasteiger partial charge in [0, 0.05) is 12.0 Å². The van der Waals surface area contributed by atoms with Crippen molar-refractivity contribution >= 4 is 11.6 Å². The van der Waals surface area contributed by atoms with Gasteiger partial charge in [-0.1, -0.05) is 24.6 Å². The third kappa shape index (κ3) is 2.02. The van der Waals surface area contributed by atoms with Crippen LogP contribution in [0.4, 0.5) is 0 Å². The highest BCUT2D eigenvalue weighted by Crippen LogP contribution is 2.25. The zero-order chi connectivity index (χ0) is 10.8. The Morgan fingerprint density at radius 2 is 2.20 bits per heavy atom. The highest BCUT2D eigenvalue weighted by Gasteiger charge is 2.08. The molecule has 3 nitrogen and oxygen atoms in total. The molecule has 4 heteroatoms. The number of hydrogen-bond acceptors (Lipinski definition) is 2. The van der Waals surface area contributed by atoms with Crippen molar-refractivity contribution in [3.8, 4) is 11.4 Å². The first-order valence-corrected chi connectivity index (χ1v) is 5.26. The van der Waals surface area contributed by atoms with Crippen molar-refractivity contribution in [2.45, 2.75) is 20.3 Å². The summed E-state index contributed by atoms with van der Waals surface area (Å²) in [5, 5.41) is 7.69. The van der Waals surface area contributed by atoms with Gasteiger partial charge in [-0.3, -0.25) is 5.10 Å². The van der Waals surface area contributed by atoms with Gasteiger partial charge in [0.15, 0.2) is 5.82 Å². The first-order chi connectivity index (χ1) is 7.20. The van der Waals surface area contributed by atoms with Crippen LogP contribution in [0.15, 0.2) is 18.2 Å². The summed E-state index contributed by atoms with van der Waals surface area (Å²) in [5.41, 5.74) is 2.01. The van der Waals surface area contributed by atoms with Gasteiger partial charge in [-0.25, -0.2) is 4.98 Å². The maximum absolute atomic E-state index is 6.12. The minimum absolute atomic E-state index is 0.664. The van der Waals surface area contributed by atoms with Crippen LogP contribution in [0.25, 0.3) is 11.4 Å². The van der Waals surface area contributed by atoms with Crippen LogP contribution in [-0.4, -0.2) is 15.2 Å². The van der Waals surface area contributed by atoms with Gasteiger partial charge in [0.1, 0.15) is 5.82 Å². The van der Waals surface area contributed by atoms with Crippen LogP contribution in [0.1, 0.15) is 18.3 Å². The van der Waals surface area contributed by atoms with Gasteiger partial charge in [0.2, 0.25) is 0 Å². The Balaban J connectivity index is 2.44. The predicted octanol–water partition coefficient (Wildman–Crippen LogP) is 3.00. The molecule has 1 heterocycles. The zero-order valence-electron chi connectivity index (χ0n) is 8.71. The van der Waals surface area contributed by atoms with Crippen molar-refractivity contribution in [2.75, 3.05) is 0 Å². The summed E-state index contributed by atoms with van der Waals surface area (Å²) < 4.78 is 0. The van der Waals surface area contributed by atoms with E-state index in [2.05, 4.69) is 15.2 Å². The molecule has 0 bridgehead atoms. The van der Waals surface area contributed by atoms with Crippen LogP contribution < -0.4 is 0 Å². The van der Waals surface area contributed by atoms with Crippen molar-refractivity contribution in [1.29, 1.82) is 0 Å². The minimum Gasteiger partial charge on any atom is -0.263 e. The molecule has 0 amide bonds. The molecular weight excluding hydrogens is 210 g/mol. The van der Waals surface area contributed by atoms with Gasteiger partial charge in [-0.2, -0.15) is 5.10 Å². The summed E-state index contributed by atoms with van der Waals surface area (Å²) >= 11 is 6.12. The topological polar surface area (TPSA) is 41.6 Å². The monoisotopic (exact) mass is 221 g/mol. The van der Waals surface area contributed by atoms with Crippen LogP contribution in [0.5, 0.6) is 0 Å². The molecule has 0 fully saturated rings. The molecule has 0 atom stereocenters. The summed E-state index contributed by atoms with van der Waals surface area (Å²) in [4.78, 5) is 4.34. The maximum Gasteiger partial charge on any atom is 0.182 e. The van der Waals surface area contributed by atoms with Crippen LogP contribution in [0.2, 0.25) is 5.02 Å². The molecule has 2 rings (SSSR count). The lowest BCUT2D eigenvalue weighted by atomic mass is 10.1. The molecule has 1 N–H and O–H groups in total. The molecule has 2 aromatic rings. The number of aromatic nitrogens is 3. The zero-order valence-corrected chi connectivity index (χ0v) is 9.47. The first-order valence-electron chi connectivity index (χ1n) is 4.88. The van der Waals surface area contributed by atoms with Crippen molar-refractivity contribution in [1.82, 2.24) is 15.2 Å². The van der Waals surface area contributed by atoms with E-state index in [0.29, 0.717) is 10.8 Å². The van der Waals surface area contributed by atoms with E-state index in [-0.39, 0.29) is 0 Å². The van der Waals surface area contributed by atoms with E-state index in [1.54, 1.807) is 0 Å². The first kappa shape index (κ1) is 10.2. The fourth-order valence-electron chi connectivity index (χ4n) is 1.38. The van der Waals surface area contributed by atoms with Crippen LogP contribution in [0, 0.1) is 6.92 Å². The number of benzene rings is 1. The Bertz CT molecular complexity index is 476. The Morgan fingerprint density at radius 3 is 2.80 bits per heavy atom. The van der Waals surface area contributed by atoms with Gasteiger partial charge in [-0.05, 0) is 24.6 Å². The van der Waals surface area contributed by atoms with Crippen molar-refractivity contribution in [2.24, 2.45) is 0 Å². The summed E-state index contributed by atoms with van der Waals surface area (Å²) in [6.07, 6.45) is 0.844. The Hall–Kier alpha value is -1.35. The van der Waals surface area contributed by atoms with E-state index in [1.807, 2.05) is 32.0 Å². The van der Waals surface area contributed by atoms with Crippen LogP contribution in [-0.2, 0) is 6.42 Å². The van der Waals surface area contributed by atoms with E-state index in [4.69, 9.17) is 11.6 Å². The molecule has 78 valence electrons. The molecular formula is C11H12ClN3. The molecule has 0 aliphatic heterocycles. The fraction of sp³-hybridized carbons (Fsp3) is 0.273. The smallest absolute Gasteiger partial charge is 0.182 e. The number of nitrogens with zero attached hydrogens (tertiary/aromatic N) is 2. The minimum atomic E-state index is 0.664. The number of rotatable bonds is 2. The van der Waals surface area contributed by atoms with E-state index >= 15 is 0 Å². The van der Waals surface area contributed by atoms with E-state index < -0.39 is 0 Å².